The van der Waals surface area contributed by atoms with Crippen molar-refractivity contribution in [2.24, 2.45) is 5.41 Å². The molecule has 0 rings (SSSR count). The van der Waals surface area contributed by atoms with Crippen LogP contribution in [0.5, 0.6) is 0 Å². The lowest BCUT2D eigenvalue weighted by Crippen LogP contribution is -2.38. The van der Waals surface area contributed by atoms with Gasteiger partial charge in [-0.3, -0.25) is 4.79 Å². The van der Waals surface area contributed by atoms with E-state index in [0.717, 1.165) is 32.1 Å². The number of hydrogen-bond donors (Lipinski definition) is 3. The first-order chi connectivity index (χ1) is 7.13. The van der Waals surface area contributed by atoms with E-state index in [1.54, 1.807) is 0 Å². The molecule has 0 amide bonds. The minimum atomic E-state index is -1.34. The van der Waals surface area contributed by atoms with Crippen molar-refractivity contribution in [2.45, 2.75) is 45.4 Å². The van der Waals surface area contributed by atoms with Crippen LogP contribution in [-0.4, -0.2) is 34.5 Å². The van der Waals surface area contributed by atoms with E-state index in [1.807, 2.05) is 0 Å². The van der Waals surface area contributed by atoms with Gasteiger partial charge in [-0.05, 0) is 6.42 Å². The smallest absolute Gasteiger partial charge is 0.314 e. The maximum Gasteiger partial charge on any atom is 0.314 e. The van der Waals surface area contributed by atoms with Crippen LogP contribution in [0.1, 0.15) is 45.4 Å². The molecule has 0 saturated heterocycles. The summed E-state index contributed by atoms with van der Waals surface area (Å²) >= 11 is 0. The van der Waals surface area contributed by atoms with Crippen LogP contribution in [0.25, 0.3) is 0 Å². The minimum Gasteiger partial charge on any atom is -0.481 e. The number of carboxylic acids is 1. The summed E-state index contributed by atoms with van der Waals surface area (Å²) < 4.78 is 0. The van der Waals surface area contributed by atoms with Gasteiger partial charge in [-0.25, -0.2) is 0 Å². The van der Waals surface area contributed by atoms with Crippen molar-refractivity contribution in [3.05, 3.63) is 0 Å². The van der Waals surface area contributed by atoms with E-state index >= 15 is 0 Å². The van der Waals surface area contributed by atoms with Crippen LogP contribution in [0.15, 0.2) is 0 Å². The van der Waals surface area contributed by atoms with Gasteiger partial charge in [0.05, 0.1) is 13.2 Å². The normalized spacial score (nSPS) is 11.7. The summed E-state index contributed by atoms with van der Waals surface area (Å²) in [5.41, 5.74) is -1.34. The second kappa shape index (κ2) is 7.65. The third kappa shape index (κ3) is 4.62. The molecule has 0 bridgehead atoms. The molecular weight excluding hydrogens is 196 g/mol. The largest absolute Gasteiger partial charge is 0.481 e. The summed E-state index contributed by atoms with van der Waals surface area (Å²) in [7, 11) is 0. The van der Waals surface area contributed by atoms with Crippen LogP contribution in [-0.2, 0) is 4.79 Å². The zero-order valence-corrected chi connectivity index (χ0v) is 9.41. The number of unbranched alkanes of at least 4 members (excludes halogenated alkanes) is 4. The van der Waals surface area contributed by atoms with Crippen LogP contribution < -0.4 is 0 Å². The van der Waals surface area contributed by atoms with Gasteiger partial charge >= 0.3 is 5.97 Å². The second-order valence-electron chi connectivity index (χ2n) is 4.07. The van der Waals surface area contributed by atoms with Crippen molar-refractivity contribution in [3.63, 3.8) is 0 Å². The van der Waals surface area contributed by atoms with Crippen LogP contribution in [0.4, 0.5) is 0 Å². The lowest BCUT2D eigenvalue weighted by molar-refractivity contribution is -0.155. The molecule has 0 aliphatic rings. The molecule has 0 aromatic heterocycles. The molecule has 0 radical (unpaired) electrons. The summed E-state index contributed by atoms with van der Waals surface area (Å²) in [5.74, 6) is -1.11. The van der Waals surface area contributed by atoms with Gasteiger partial charge < -0.3 is 15.3 Å². The Kier molecular flexibility index (Phi) is 7.34. The molecule has 3 N–H and O–H groups in total. The van der Waals surface area contributed by atoms with Crippen molar-refractivity contribution >= 4 is 5.97 Å². The summed E-state index contributed by atoms with van der Waals surface area (Å²) in [6.07, 6.45) is 5.43. The van der Waals surface area contributed by atoms with Gasteiger partial charge in [0.25, 0.3) is 0 Å². The number of carbonyl (C=O) groups is 1. The highest BCUT2D eigenvalue weighted by Crippen LogP contribution is 2.24. The Morgan fingerprint density at radius 2 is 1.60 bits per heavy atom. The Morgan fingerprint density at radius 1 is 1.07 bits per heavy atom. The number of aliphatic hydroxyl groups is 2. The SMILES string of the molecule is CCCCCCCC(CO)(CO)C(=O)O. The molecule has 0 saturated carbocycles. The number of aliphatic hydroxyl groups excluding tert-OH is 2. The van der Waals surface area contributed by atoms with Crippen molar-refractivity contribution in [2.75, 3.05) is 13.2 Å². The molecule has 0 aliphatic heterocycles. The van der Waals surface area contributed by atoms with Gasteiger partial charge in [-0.2, -0.15) is 0 Å². The van der Waals surface area contributed by atoms with Gasteiger partial charge in [0.2, 0.25) is 0 Å². The van der Waals surface area contributed by atoms with E-state index in [-0.39, 0.29) is 0 Å². The Labute approximate surface area is 90.9 Å². The van der Waals surface area contributed by atoms with Gasteiger partial charge in [-0.15, -0.1) is 0 Å². The van der Waals surface area contributed by atoms with Gasteiger partial charge in [0, 0.05) is 0 Å². The molecule has 0 aromatic rings. The number of rotatable bonds is 9. The van der Waals surface area contributed by atoms with E-state index in [0.29, 0.717) is 6.42 Å². The van der Waals surface area contributed by atoms with E-state index in [1.165, 1.54) is 0 Å². The topological polar surface area (TPSA) is 77.8 Å². The monoisotopic (exact) mass is 218 g/mol. The predicted octanol–water partition coefficient (Wildman–Crippen LogP) is 1.40. The lowest BCUT2D eigenvalue weighted by atomic mass is 9.84. The van der Waals surface area contributed by atoms with Crippen LogP contribution in [0.3, 0.4) is 0 Å². The lowest BCUT2D eigenvalue weighted by Gasteiger charge is -2.24. The Bertz CT molecular complexity index is 175. The molecule has 90 valence electrons. The minimum absolute atomic E-state index is 0.346. The zero-order valence-electron chi connectivity index (χ0n) is 9.41. The van der Waals surface area contributed by atoms with Gasteiger partial charge in [0.1, 0.15) is 5.41 Å². The first-order valence-corrected chi connectivity index (χ1v) is 5.58. The van der Waals surface area contributed by atoms with Crippen molar-refractivity contribution < 1.29 is 20.1 Å². The quantitative estimate of drug-likeness (QED) is 0.511. The predicted molar refractivity (Wildman–Crippen MR) is 57.6 cm³/mol. The highest BCUT2D eigenvalue weighted by Gasteiger charge is 2.36. The zero-order chi connectivity index (χ0) is 11.7. The molecule has 15 heavy (non-hydrogen) atoms. The molecule has 0 heterocycles. The molecule has 0 unspecified atom stereocenters. The number of aliphatic carboxylic acids is 1. The molecular formula is C11H22O4. The van der Waals surface area contributed by atoms with E-state index < -0.39 is 24.6 Å². The average Bonchev–Trinajstić information content (AvgIpc) is 2.23. The molecule has 0 spiro atoms. The Morgan fingerprint density at radius 3 is 2.00 bits per heavy atom. The molecule has 4 nitrogen and oxygen atoms in total. The van der Waals surface area contributed by atoms with E-state index in [9.17, 15) is 4.79 Å². The fraction of sp³-hybridized carbons (Fsp3) is 0.909. The van der Waals surface area contributed by atoms with E-state index in [4.69, 9.17) is 15.3 Å². The first kappa shape index (κ1) is 14.4. The third-order valence-electron chi connectivity index (χ3n) is 2.82. The number of hydrogen-bond acceptors (Lipinski definition) is 3. The molecule has 0 atom stereocenters. The highest BCUT2D eigenvalue weighted by atomic mass is 16.4. The van der Waals surface area contributed by atoms with Crippen molar-refractivity contribution in [1.29, 1.82) is 0 Å². The molecule has 0 aromatic carbocycles. The van der Waals surface area contributed by atoms with Crippen LogP contribution >= 0.6 is 0 Å². The van der Waals surface area contributed by atoms with E-state index in [2.05, 4.69) is 6.92 Å². The maximum absolute atomic E-state index is 10.9. The summed E-state index contributed by atoms with van der Waals surface area (Å²) in [4.78, 5) is 10.9. The first-order valence-electron chi connectivity index (χ1n) is 5.58. The van der Waals surface area contributed by atoms with Crippen molar-refractivity contribution in [3.8, 4) is 0 Å². The molecule has 0 aliphatic carbocycles. The average molecular weight is 218 g/mol. The van der Waals surface area contributed by atoms with Gasteiger partial charge in [-0.1, -0.05) is 39.0 Å². The summed E-state index contributed by atoms with van der Waals surface area (Å²) in [6, 6.07) is 0. The Hall–Kier alpha value is -0.610. The van der Waals surface area contributed by atoms with Crippen molar-refractivity contribution in [1.82, 2.24) is 0 Å². The fourth-order valence-corrected chi connectivity index (χ4v) is 1.52. The summed E-state index contributed by atoms with van der Waals surface area (Å²) in [5, 5.41) is 26.9. The molecule has 4 heteroatoms. The number of carboxylic acid groups (broad SMARTS) is 1. The third-order valence-corrected chi connectivity index (χ3v) is 2.82. The van der Waals surface area contributed by atoms with Crippen LogP contribution in [0.2, 0.25) is 0 Å². The second-order valence-corrected chi connectivity index (χ2v) is 4.07. The summed E-state index contributed by atoms with van der Waals surface area (Å²) in [6.45, 7) is 1.13. The Balaban J connectivity index is 3.91. The highest BCUT2D eigenvalue weighted by molar-refractivity contribution is 5.74. The standard InChI is InChI=1S/C11H22O4/c1-2-3-4-5-6-7-11(8-12,9-13)10(14)15/h12-13H,2-9H2,1H3,(H,14,15). The molecule has 0 fully saturated rings. The fourth-order valence-electron chi connectivity index (χ4n) is 1.52. The van der Waals surface area contributed by atoms with Crippen LogP contribution in [0, 0.1) is 5.41 Å². The maximum atomic E-state index is 10.9. The van der Waals surface area contributed by atoms with Gasteiger partial charge in [0.15, 0.2) is 0 Å².